The van der Waals surface area contributed by atoms with Crippen LogP contribution in [0.3, 0.4) is 0 Å². The van der Waals surface area contributed by atoms with Crippen LogP contribution in [0.25, 0.3) is 0 Å². The number of carboxylic acids is 1. The van der Waals surface area contributed by atoms with Gasteiger partial charge in [-0.25, -0.2) is 17.9 Å². The summed E-state index contributed by atoms with van der Waals surface area (Å²) in [7, 11) is -3.42. The highest BCUT2D eigenvalue weighted by molar-refractivity contribution is 7.88. The van der Waals surface area contributed by atoms with E-state index in [0.717, 1.165) is 6.42 Å². The van der Waals surface area contributed by atoms with Gasteiger partial charge in [0.25, 0.3) is 0 Å². The van der Waals surface area contributed by atoms with Gasteiger partial charge in [-0.15, -0.1) is 0 Å². The number of sulfonamides is 1. The van der Waals surface area contributed by atoms with Crippen LogP contribution >= 0.6 is 0 Å². The standard InChI is InChI=1S/C13H19NO4S/c1-10(2)6-7-14-19(17,18)9-11-4-3-5-12(8-11)13(15)16/h3-5,8,10,14H,6-7,9H2,1-2H3,(H,15,16). The van der Waals surface area contributed by atoms with Gasteiger partial charge in [0.05, 0.1) is 11.3 Å². The number of aromatic carboxylic acids is 1. The molecule has 1 rings (SSSR count). The molecule has 0 saturated carbocycles. The lowest BCUT2D eigenvalue weighted by atomic mass is 10.1. The van der Waals surface area contributed by atoms with Crippen LogP contribution in [0.1, 0.15) is 36.2 Å². The van der Waals surface area contributed by atoms with Gasteiger partial charge in [-0.1, -0.05) is 26.0 Å². The number of carbonyl (C=O) groups is 1. The molecule has 6 heteroatoms. The topological polar surface area (TPSA) is 83.5 Å². The number of hydrogen-bond donors (Lipinski definition) is 2. The summed E-state index contributed by atoms with van der Waals surface area (Å²) in [6, 6.07) is 5.96. The van der Waals surface area contributed by atoms with Crippen LogP contribution in [0.4, 0.5) is 0 Å². The van der Waals surface area contributed by atoms with E-state index < -0.39 is 16.0 Å². The van der Waals surface area contributed by atoms with Crippen LogP contribution in [0.2, 0.25) is 0 Å². The van der Waals surface area contributed by atoms with Gasteiger partial charge in [-0.05, 0) is 30.0 Å². The normalized spacial score (nSPS) is 11.7. The smallest absolute Gasteiger partial charge is 0.335 e. The second-order valence-corrected chi connectivity index (χ2v) is 6.65. The lowest BCUT2D eigenvalue weighted by Gasteiger charge is -2.08. The summed E-state index contributed by atoms with van der Waals surface area (Å²) in [6.07, 6.45) is 0.772. The highest BCUT2D eigenvalue weighted by Crippen LogP contribution is 2.09. The summed E-state index contributed by atoms with van der Waals surface area (Å²) in [4.78, 5) is 10.8. The van der Waals surface area contributed by atoms with E-state index in [0.29, 0.717) is 18.0 Å². The van der Waals surface area contributed by atoms with E-state index in [1.165, 1.54) is 12.1 Å². The molecular formula is C13H19NO4S. The van der Waals surface area contributed by atoms with Crippen LogP contribution in [0.15, 0.2) is 24.3 Å². The molecule has 0 spiro atoms. The lowest BCUT2D eigenvalue weighted by Crippen LogP contribution is -2.27. The summed E-state index contributed by atoms with van der Waals surface area (Å²) >= 11 is 0. The second-order valence-electron chi connectivity index (χ2n) is 4.84. The lowest BCUT2D eigenvalue weighted by molar-refractivity contribution is 0.0696. The van der Waals surface area contributed by atoms with Crippen molar-refractivity contribution in [3.8, 4) is 0 Å². The first-order chi connectivity index (χ1) is 8.80. The quantitative estimate of drug-likeness (QED) is 0.801. The molecule has 1 aromatic carbocycles. The molecular weight excluding hydrogens is 266 g/mol. The fourth-order valence-corrected chi connectivity index (χ4v) is 2.72. The predicted molar refractivity (Wildman–Crippen MR) is 73.5 cm³/mol. The molecule has 0 bridgehead atoms. The molecule has 19 heavy (non-hydrogen) atoms. The van der Waals surface area contributed by atoms with E-state index >= 15 is 0 Å². The number of hydrogen-bond acceptors (Lipinski definition) is 3. The predicted octanol–water partition coefficient (Wildman–Crippen LogP) is 1.85. The van der Waals surface area contributed by atoms with Gasteiger partial charge >= 0.3 is 5.97 Å². The van der Waals surface area contributed by atoms with Crippen LogP contribution < -0.4 is 4.72 Å². The Hall–Kier alpha value is -1.40. The van der Waals surface area contributed by atoms with E-state index in [1.54, 1.807) is 12.1 Å². The molecule has 0 aromatic heterocycles. The molecule has 1 aromatic rings. The van der Waals surface area contributed by atoms with Gasteiger partial charge in [-0.3, -0.25) is 0 Å². The van der Waals surface area contributed by atoms with Gasteiger partial charge in [0.1, 0.15) is 0 Å². The maximum absolute atomic E-state index is 11.8. The van der Waals surface area contributed by atoms with Gasteiger partial charge < -0.3 is 5.11 Å². The minimum Gasteiger partial charge on any atom is -0.478 e. The highest BCUT2D eigenvalue weighted by Gasteiger charge is 2.12. The zero-order chi connectivity index (χ0) is 14.5. The number of benzene rings is 1. The Balaban J connectivity index is 2.67. The molecule has 0 fully saturated rings. The van der Waals surface area contributed by atoms with Crippen molar-refractivity contribution in [2.24, 2.45) is 5.92 Å². The summed E-state index contributed by atoms with van der Waals surface area (Å²) in [5, 5.41) is 8.85. The van der Waals surface area contributed by atoms with Crippen molar-refractivity contribution in [2.45, 2.75) is 26.0 Å². The Kier molecular flexibility index (Phi) is 5.50. The monoisotopic (exact) mass is 285 g/mol. The molecule has 0 aliphatic heterocycles. The molecule has 0 aliphatic carbocycles. The van der Waals surface area contributed by atoms with Gasteiger partial charge in [-0.2, -0.15) is 0 Å². The van der Waals surface area contributed by atoms with Crippen molar-refractivity contribution < 1.29 is 18.3 Å². The maximum Gasteiger partial charge on any atom is 0.335 e. The van der Waals surface area contributed by atoms with Crippen molar-refractivity contribution in [1.82, 2.24) is 4.72 Å². The van der Waals surface area contributed by atoms with Crippen molar-refractivity contribution in [2.75, 3.05) is 6.54 Å². The average Bonchev–Trinajstić information content (AvgIpc) is 2.27. The minimum atomic E-state index is -3.42. The highest BCUT2D eigenvalue weighted by atomic mass is 32.2. The van der Waals surface area contributed by atoms with E-state index in [2.05, 4.69) is 4.72 Å². The Labute approximate surface area is 113 Å². The fourth-order valence-electron chi connectivity index (χ4n) is 1.57. The molecule has 0 amide bonds. The fraction of sp³-hybridized carbons (Fsp3) is 0.462. The van der Waals surface area contributed by atoms with Crippen LogP contribution in [-0.2, 0) is 15.8 Å². The second kappa shape index (κ2) is 6.68. The Morgan fingerprint density at radius 2 is 2.05 bits per heavy atom. The first-order valence-electron chi connectivity index (χ1n) is 6.10. The molecule has 0 radical (unpaired) electrons. The van der Waals surface area contributed by atoms with Gasteiger partial charge in [0, 0.05) is 6.54 Å². The number of carboxylic acid groups (broad SMARTS) is 1. The van der Waals surface area contributed by atoms with E-state index in [9.17, 15) is 13.2 Å². The Bertz CT molecular complexity index is 537. The third-order valence-corrected chi connectivity index (χ3v) is 3.93. The Morgan fingerprint density at radius 3 is 2.63 bits per heavy atom. The zero-order valence-corrected chi connectivity index (χ0v) is 11.9. The Morgan fingerprint density at radius 1 is 1.37 bits per heavy atom. The summed E-state index contributed by atoms with van der Waals surface area (Å²) in [5.74, 6) is -0.836. The number of nitrogens with one attached hydrogen (secondary N) is 1. The van der Waals surface area contributed by atoms with E-state index in [4.69, 9.17) is 5.11 Å². The van der Waals surface area contributed by atoms with Gasteiger partial charge in [0.15, 0.2) is 0 Å². The van der Waals surface area contributed by atoms with E-state index in [1.807, 2.05) is 13.8 Å². The van der Waals surface area contributed by atoms with Crippen LogP contribution in [-0.4, -0.2) is 26.0 Å². The van der Waals surface area contributed by atoms with E-state index in [-0.39, 0.29) is 11.3 Å². The number of rotatable bonds is 7. The molecule has 2 N–H and O–H groups in total. The molecule has 0 heterocycles. The van der Waals surface area contributed by atoms with Gasteiger partial charge in [0.2, 0.25) is 10.0 Å². The molecule has 0 unspecified atom stereocenters. The average molecular weight is 285 g/mol. The summed E-state index contributed by atoms with van der Waals surface area (Å²) in [5.41, 5.74) is 0.562. The molecule has 0 aliphatic rings. The molecule has 5 nitrogen and oxygen atoms in total. The molecule has 106 valence electrons. The van der Waals surface area contributed by atoms with Crippen molar-refractivity contribution >= 4 is 16.0 Å². The molecule has 0 atom stereocenters. The van der Waals surface area contributed by atoms with Crippen LogP contribution in [0, 0.1) is 5.92 Å². The summed E-state index contributed by atoms with van der Waals surface area (Å²) in [6.45, 7) is 4.44. The zero-order valence-electron chi connectivity index (χ0n) is 11.1. The first kappa shape index (κ1) is 15.7. The largest absolute Gasteiger partial charge is 0.478 e. The van der Waals surface area contributed by atoms with Crippen molar-refractivity contribution in [1.29, 1.82) is 0 Å². The van der Waals surface area contributed by atoms with Crippen molar-refractivity contribution in [3.05, 3.63) is 35.4 Å². The third-order valence-electron chi connectivity index (χ3n) is 2.57. The van der Waals surface area contributed by atoms with Crippen LogP contribution in [0.5, 0.6) is 0 Å². The summed E-state index contributed by atoms with van der Waals surface area (Å²) < 4.78 is 26.1. The minimum absolute atomic E-state index is 0.0925. The maximum atomic E-state index is 11.8. The SMILES string of the molecule is CC(C)CCNS(=O)(=O)Cc1cccc(C(=O)O)c1. The molecule has 0 saturated heterocycles. The third kappa shape index (κ3) is 5.85. The van der Waals surface area contributed by atoms with Crippen molar-refractivity contribution in [3.63, 3.8) is 0 Å². The first-order valence-corrected chi connectivity index (χ1v) is 7.75.